The smallest absolute Gasteiger partial charge is 0.331 e. The third-order valence-corrected chi connectivity index (χ3v) is 8.01. The quantitative estimate of drug-likeness (QED) is 0.537. The Balaban J connectivity index is 1.53. The fourth-order valence-corrected chi connectivity index (χ4v) is 6.07. The van der Waals surface area contributed by atoms with Crippen LogP contribution in [0.4, 0.5) is 10.6 Å². The van der Waals surface area contributed by atoms with Crippen LogP contribution in [0.25, 0.3) is 5.65 Å². The minimum absolute atomic E-state index is 0.0755. The normalized spacial score (nSPS) is 23.9. The molecule has 0 aliphatic carbocycles. The van der Waals surface area contributed by atoms with E-state index in [0.717, 1.165) is 24.2 Å². The molecule has 10 heteroatoms. The molecule has 0 saturated carbocycles. The van der Waals surface area contributed by atoms with Crippen LogP contribution >= 0.6 is 11.6 Å². The number of amides is 4. The van der Waals surface area contributed by atoms with Crippen LogP contribution in [-0.4, -0.2) is 44.7 Å². The van der Waals surface area contributed by atoms with E-state index in [4.69, 9.17) is 16.6 Å². The van der Waals surface area contributed by atoms with Gasteiger partial charge in [0.05, 0.1) is 18.2 Å². The van der Waals surface area contributed by atoms with Crippen molar-refractivity contribution in [3.05, 3.63) is 75.2 Å². The van der Waals surface area contributed by atoms with Crippen molar-refractivity contribution >= 4 is 40.9 Å². The number of aromatic nitrogens is 2. The molecular formula is C26H24ClN5O4. The molecule has 1 spiro atoms. The topological polar surface area (TPSA) is 104 Å². The van der Waals surface area contributed by atoms with Crippen LogP contribution in [0.5, 0.6) is 0 Å². The van der Waals surface area contributed by atoms with E-state index in [0.29, 0.717) is 40.6 Å². The van der Waals surface area contributed by atoms with E-state index in [-0.39, 0.29) is 18.5 Å². The number of carbonyl (C=O) groups is 3. The number of hydrogen-bond donors (Lipinski definition) is 1. The van der Waals surface area contributed by atoms with E-state index in [1.54, 1.807) is 42.6 Å². The molecule has 1 aromatic carbocycles. The van der Waals surface area contributed by atoms with E-state index >= 15 is 0 Å². The second-order valence-electron chi connectivity index (χ2n) is 9.60. The highest BCUT2D eigenvalue weighted by Gasteiger charge is 2.62. The van der Waals surface area contributed by atoms with Crippen LogP contribution in [0.2, 0.25) is 5.02 Å². The van der Waals surface area contributed by atoms with Crippen molar-refractivity contribution in [2.24, 2.45) is 5.41 Å². The fraction of sp³-hybridized carbons (Fsp3) is 0.346. The summed E-state index contributed by atoms with van der Waals surface area (Å²) in [6.07, 6.45) is 4.68. The molecule has 6 rings (SSSR count). The maximum atomic E-state index is 14.2. The second kappa shape index (κ2) is 8.44. The van der Waals surface area contributed by atoms with Crippen LogP contribution in [0.15, 0.2) is 53.5 Å². The van der Waals surface area contributed by atoms with E-state index in [9.17, 15) is 19.2 Å². The molecule has 0 bridgehead atoms. The molecule has 0 unspecified atom stereocenters. The number of imide groups is 2. The average molecular weight is 506 g/mol. The lowest BCUT2D eigenvalue weighted by Gasteiger charge is -2.50. The van der Waals surface area contributed by atoms with Gasteiger partial charge in [-0.25, -0.2) is 9.78 Å². The first kappa shape index (κ1) is 22.7. The highest BCUT2D eigenvalue weighted by atomic mass is 35.5. The Bertz CT molecular complexity index is 1490. The number of hydrogen-bond acceptors (Lipinski definition) is 6. The molecule has 3 aromatic rings. The number of rotatable bonds is 2. The number of nitrogens with zero attached hydrogens (tertiary/aromatic N) is 4. The molecule has 2 fully saturated rings. The van der Waals surface area contributed by atoms with E-state index in [2.05, 4.69) is 5.32 Å². The molecule has 4 amide bonds. The van der Waals surface area contributed by atoms with Crippen LogP contribution in [0.1, 0.15) is 36.8 Å². The molecule has 1 N–H and O–H groups in total. The summed E-state index contributed by atoms with van der Waals surface area (Å²) in [5, 5.41) is 2.85. The molecule has 0 radical (unpaired) electrons. The lowest BCUT2D eigenvalue weighted by molar-refractivity contribution is -0.154. The van der Waals surface area contributed by atoms with Gasteiger partial charge < -0.3 is 4.90 Å². The van der Waals surface area contributed by atoms with Crippen LogP contribution in [0.3, 0.4) is 0 Å². The zero-order valence-corrected chi connectivity index (χ0v) is 20.2. The van der Waals surface area contributed by atoms with Gasteiger partial charge in [-0.2, -0.15) is 0 Å². The Morgan fingerprint density at radius 3 is 2.67 bits per heavy atom. The molecule has 3 aliphatic rings. The largest absolute Gasteiger partial charge is 0.352 e. The molecule has 9 nitrogen and oxygen atoms in total. The fourth-order valence-electron chi connectivity index (χ4n) is 5.87. The molecular weight excluding hydrogens is 482 g/mol. The number of barbiturate groups is 1. The number of anilines is 1. The summed E-state index contributed by atoms with van der Waals surface area (Å²) < 4.78 is 1.43. The summed E-state index contributed by atoms with van der Waals surface area (Å²) in [7, 11) is 0. The van der Waals surface area contributed by atoms with Crippen molar-refractivity contribution in [3.63, 3.8) is 0 Å². The van der Waals surface area contributed by atoms with Crippen molar-refractivity contribution in [2.75, 3.05) is 11.4 Å². The SMILES string of the molecule is O=C1NC(=O)[C@]2(Cc3c(nc4ccccn4c3=O)N3CCCCC[C@H]32)C(=O)N1Cc1ccccc1Cl. The molecule has 36 heavy (non-hydrogen) atoms. The monoisotopic (exact) mass is 505 g/mol. The Hall–Kier alpha value is -3.72. The van der Waals surface area contributed by atoms with Crippen molar-refractivity contribution in [3.8, 4) is 0 Å². The van der Waals surface area contributed by atoms with Gasteiger partial charge in [-0.3, -0.25) is 29.0 Å². The standard InChI is InChI=1S/C26H24ClN5O4/c27-18-9-4-3-8-16(18)15-32-24(35)26(23(34)29-25(32)36)14-17-21(30-12-6-1-2-10-19(26)30)28-20-11-5-7-13-31(20)22(17)33/h3-5,7-9,11,13,19H,1-2,6,10,12,14-15H2,(H,29,34,36)/t19-,26+/m0/s1. The second-order valence-corrected chi connectivity index (χ2v) is 10.0. The van der Waals surface area contributed by atoms with Crippen molar-refractivity contribution < 1.29 is 14.4 Å². The molecule has 184 valence electrons. The Morgan fingerprint density at radius 2 is 1.83 bits per heavy atom. The van der Waals surface area contributed by atoms with Gasteiger partial charge in [0, 0.05) is 24.2 Å². The minimum atomic E-state index is -1.63. The van der Waals surface area contributed by atoms with E-state index < -0.39 is 29.3 Å². The highest BCUT2D eigenvalue weighted by Crippen LogP contribution is 2.46. The number of fused-ring (bicyclic) bond motifs is 5. The summed E-state index contributed by atoms with van der Waals surface area (Å²) in [4.78, 5) is 62.2. The zero-order valence-electron chi connectivity index (χ0n) is 19.4. The van der Waals surface area contributed by atoms with Gasteiger partial charge in [0.15, 0.2) is 5.41 Å². The van der Waals surface area contributed by atoms with Gasteiger partial charge in [0.25, 0.3) is 5.56 Å². The van der Waals surface area contributed by atoms with Crippen LogP contribution < -0.4 is 15.8 Å². The van der Waals surface area contributed by atoms with Crippen LogP contribution in [-0.2, 0) is 22.6 Å². The zero-order chi connectivity index (χ0) is 25.0. The first-order valence-corrected chi connectivity index (χ1v) is 12.5. The third kappa shape index (κ3) is 3.26. The van der Waals surface area contributed by atoms with Crippen LogP contribution in [0, 0.1) is 5.41 Å². The minimum Gasteiger partial charge on any atom is -0.352 e. The van der Waals surface area contributed by atoms with Gasteiger partial charge in [-0.1, -0.05) is 48.7 Å². The summed E-state index contributed by atoms with van der Waals surface area (Å²) >= 11 is 6.32. The maximum absolute atomic E-state index is 14.2. The highest BCUT2D eigenvalue weighted by molar-refractivity contribution is 6.31. The Morgan fingerprint density at radius 1 is 1.03 bits per heavy atom. The summed E-state index contributed by atoms with van der Waals surface area (Å²) in [6.45, 7) is 0.488. The third-order valence-electron chi connectivity index (χ3n) is 7.64. The molecule has 2 atom stereocenters. The lowest BCUT2D eigenvalue weighted by atomic mass is 9.68. The number of benzene rings is 1. The Kier molecular flexibility index (Phi) is 5.33. The van der Waals surface area contributed by atoms with Gasteiger partial charge in [-0.05, 0) is 36.6 Å². The number of nitrogens with one attached hydrogen (secondary N) is 1. The number of pyridine rings is 1. The first-order valence-electron chi connectivity index (χ1n) is 12.1. The van der Waals surface area contributed by atoms with Crippen molar-refractivity contribution in [1.82, 2.24) is 19.6 Å². The average Bonchev–Trinajstić information content (AvgIpc) is 3.14. The van der Waals surface area contributed by atoms with E-state index in [1.165, 1.54) is 4.40 Å². The van der Waals surface area contributed by atoms with Gasteiger partial charge in [0.2, 0.25) is 11.8 Å². The summed E-state index contributed by atoms with van der Waals surface area (Å²) in [5.41, 5.74) is -0.528. The van der Waals surface area contributed by atoms with E-state index in [1.807, 2.05) is 11.0 Å². The predicted molar refractivity (Wildman–Crippen MR) is 133 cm³/mol. The first-order chi connectivity index (χ1) is 17.4. The number of carbonyl (C=O) groups excluding carboxylic acids is 3. The van der Waals surface area contributed by atoms with Gasteiger partial charge in [-0.15, -0.1) is 0 Å². The predicted octanol–water partition coefficient (Wildman–Crippen LogP) is 2.92. The number of urea groups is 1. The number of halogens is 1. The molecule has 2 aromatic heterocycles. The van der Waals surface area contributed by atoms with Gasteiger partial charge in [0.1, 0.15) is 11.5 Å². The lowest BCUT2D eigenvalue weighted by Crippen LogP contribution is -2.72. The van der Waals surface area contributed by atoms with Crippen molar-refractivity contribution in [1.29, 1.82) is 0 Å². The van der Waals surface area contributed by atoms with Crippen molar-refractivity contribution in [2.45, 2.75) is 44.7 Å². The summed E-state index contributed by atoms with van der Waals surface area (Å²) in [6, 6.07) is 11.0. The Labute approximate surface area is 211 Å². The molecule has 2 saturated heterocycles. The molecule has 5 heterocycles. The summed E-state index contributed by atoms with van der Waals surface area (Å²) in [5.74, 6) is -0.733. The molecule has 3 aliphatic heterocycles. The maximum Gasteiger partial charge on any atom is 0.331 e. The van der Waals surface area contributed by atoms with Gasteiger partial charge >= 0.3 is 6.03 Å².